The van der Waals surface area contributed by atoms with Crippen molar-refractivity contribution in [3.8, 4) is 5.75 Å². The van der Waals surface area contributed by atoms with Gasteiger partial charge in [-0.25, -0.2) is 9.37 Å². The molecule has 2 heterocycles. The largest absolute Gasteiger partial charge is 0.484 e. The molecule has 1 aliphatic rings. The number of hydrogen-bond donors (Lipinski definition) is 0. The Kier molecular flexibility index (Phi) is 4.09. The summed E-state index contributed by atoms with van der Waals surface area (Å²) in [6, 6.07) is 11.8. The third kappa shape index (κ3) is 3.47. The summed E-state index contributed by atoms with van der Waals surface area (Å²) in [7, 11) is 0. The molecule has 128 valence electrons. The van der Waals surface area contributed by atoms with Crippen LogP contribution in [0.25, 0.3) is 5.65 Å². The van der Waals surface area contributed by atoms with Crippen LogP contribution in [0.5, 0.6) is 5.75 Å². The Morgan fingerprint density at radius 2 is 2.04 bits per heavy atom. The number of amides is 1. The van der Waals surface area contributed by atoms with Crippen LogP contribution >= 0.6 is 0 Å². The Morgan fingerprint density at radius 3 is 2.80 bits per heavy atom. The van der Waals surface area contributed by atoms with Crippen LogP contribution in [0.2, 0.25) is 0 Å². The van der Waals surface area contributed by atoms with E-state index in [1.165, 1.54) is 24.3 Å². The van der Waals surface area contributed by atoms with Crippen molar-refractivity contribution < 1.29 is 13.9 Å². The van der Waals surface area contributed by atoms with Crippen LogP contribution in [0.4, 0.5) is 4.39 Å². The highest BCUT2D eigenvalue weighted by Crippen LogP contribution is 2.28. The Morgan fingerprint density at radius 1 is 1.24 bits per heavy atom. The number of benzene rings is 1. The van der Waals surface area contributed by atoms with E-state index >= 15 is 0 Å². The van der Waals surface area contributed by atoms with Gasteiger partial charge in [-0.1, -0.05) is 6.07 Å². The minimum absolute atomic E-state index is 0.0567. The lowest BCUT2D eigenvalue weighted by molar-refractivity contribution is -0.134. The molecular formula is C19H18FN3O2. The first-order valence-electron chi connectivity index (χ1n) is 8.29. The van der Waals surface area contributed by atoms with Gasteiger partial charge < -0.3 is 14.0 Å². The molecule has 0 bridgehead atoms. The van der Waals surface area contributed by atoms with Crippen molar-refractivity contribution >= 4 is 11.6 Å². The number of carbonyl (C=O) groups excluding carboxylic acids is 1. The molecule has 0 atom stereocenters. The molecule has 1 aromatic carbocycles. The molecule has 1 amide bonds. The smallest absolute Gasteiger partial charge is 0.261 e. The molecule has 6 heteroatoms. The zero-order valence-corrected chi connectivity index (χ0v) is 13.6. The second-order valence-corrected chi connectivity index (χ2v) is 6.17. The lowest BCUT2D eigenvalue weighted by Crippen LogP contribution is -2.36. The summed E-state index contributed by atoms with van der Waals surface area (Å²) in [5.41, 5.74) is 1.83. The van der Waals surface area contributed by atoms with Gasteiger partial charge in [0.25, 0.3) is 5.91 Å². The maximum absolute atomic E-state index is 12.9. The maximum Gasteiger partial charge on any atom is 0.261 e. The monoisotopic (exact) mass is 339 g/mol. The highest BCUT2D eigenvalue weighted by atomic mass is 19.1. The molecule has 3 aromatic rings. The van der Waals surface area contributed by atoms with Crippen LogP contribution in [-0.4, -0.2) is 32.8 Å². The van der Waals surface area contributed by atoms with E-state index in [1.807, 2.05) is 33.7 Å². The van der Waals surface area contributed by atoms with Crippen LogP contribution in [0.3, 0.4) is 0 Å². The van der Waals surface area contributed by atoms with Crippen molar-refractivity contribution in [1.82, 2.24) is 14.3 Å². The molecule has 1 fully saturated rings. The number of ether oxygens (including phenoxy) is 1. The van der Waals surface area contributed by atoms with Crippen molar-refractivity contribution in [3.05, 3.63) is 66.4 Å². The van der Waals surface area contributed by atoms with Crippen molar-refractivity contribution in [2.75, 3.05) is 6.61 Å². The number of aromatic nitrogens is 2. The molecule has 4 rings (SSSR count). The molecule has 0 aliphatic heterocycles. The average molecular weight is 339 g/mol. The van der Waals surface area contributed by atoms with Crippen LogP contribution in [0.1, 0.15) is 18.5 Å². The van der Waals surface area contributed by atoms with E-state index in [4.69, 9.17) is 4.74 Å². The number of fused-ring (bicyclic) bond motifs is 1. The molecule has 25 heavy (non-hydrogen) atoms. The second kappa shape index (κ2) is 6.55. The first-order chi connectivity index (χ1) is 12.2. The summed E-state index contributed by atoms with van der Waals surface area (Å²) in [5.74, 6) is 0.0869. The van der Waals surface area contributed by atoms with E-state index in [1.54, 1.807) is 6.20 Å². The van der Waals surface area contributed by atoms with E-state index in [2.05, 4.69) is 4.98 Å². The number of pyridine rings is 1. The van der Waals surface area contributed by atoms with Gasteiger partial charge in [0.1, 0.15) is 17.2 Å². The van der Waals surface area contributed by atoms with E-state index in [9.17, 15) is 9.18 Å². The fourth-order valence-electron chi connectivity index (χ4n) is 2.84. The van der Waals surface area contributed by atoms with E-state index in [0.29, 0.717) is 12.3 Å². The molecule has 0 radical (unpaired) electrons. The Bertz CT molecular complexity index is 887. The van der Waals surface area contributed by atoms with Gasteiger partial charge in [-0.3, -0.25) is 4.79 Å². The van der Waals surface area contributed by atoms with Crippen LogP contribution in [0.15, 0.2) is 54.9 Å². The number of halogens is 1. The second-order valence-electron chi connectivity index (χ2n) is 6.17. The molecule has 2 aromatic heterocycles. The standard InChI is InChI=1S/C19H18FN3O2/c20-14-4-8-17(9-5-14)25-13-19(24)23(15-6-7-15)12-16-11-21-18-3-1-2-10-22(16)18/h1-5,8-11,15H,6-7,12-13H2. The molecule has 1 saturated carbocycles. The van der Waals surface area contributed by atoms with Crippen molar-refractivity contribution in [2.45, 2.75) is 25.4 Å². The number of rotatable bonds is 6. The fourth-order valence-corrected chi connectivity index (χ4v) is 2.84. The highest BCUT2D eigenvalue weighted by Gasteiger charge is 2.33. The van der Waals surface area contributed by atoms with Crippen LogP contribution < -0.4 is 4.74 Å². The molecule has 0 unspecified atom stereocenters. The topological polar surface area (TPSA) is 46.8 Å². The Balaban J connectivity index is 1.45. The van der Waals surface area contributed by atoms with Gasteiger partial charge in [-0.2, -0.15) is 0 Å². The molecule has 5 nitrogen and oxygen atoms in total. The lowest BCUT2D eigenvalue weighted by Gasteiger charge is -2.22. The zero-order valence-electron chi connectivity index (χ0n) is 13.6. The van der Waals surface area contributed by atoms with Gasteiger partial charge in [-0.05, 0) is 49.2 Å². The summed E-state index contributed by atoms with van der Waals surface area (Å²) >= 11 is 0. The minimum atomic E-state index is -0.328. The van der Waals surface area contributed by atoms with Gasteiger partial charge >= 0.3 is 0 Å². The first-order valence-corrected chi connectivity index (χ1v) is 8.29. The average Bonchev–Trinajstić information content (AvgIpc) is 3.39. The normalized spacial score (nSPS) is 13.8. The third-order valence-electron chi connectivity index (χ3n) is 4.31. The summed E-state index contributed by atoms with van der Waals surface area (Å²) < 4.78 is 20.4. The van der Waals surface area contributed by atoms with Gasteiger partial charge in [0.15, 0.2) is 6.61 Å². The summed E-state index contributed by atoms with van der Waals surface area (Å²) in [5, 5.41) is 0. The van der Waals surface area contributed by atoms with Gasteiger partial charge in [0.2, 0.25) is 0 Å². The number of hydrogen-bond acceptors (Lipinski definition) is 3. The highest BCUT2D eigenvalue weighted by molar-refractivity contribution is 5.78. The summed E-state index contributed by atoms with van der Waals surface area (Å²) in [4.78, 5) is 18.8. The fraction of sp³-hybridized carbons (Fsp3) is 0.263. The van der Waals surface area contributed by atoms with Gasteiger partial charge in [-0.15, -0.1) is 0 Å². The van der Waals surface area contributed by atoms with Crippen molar-refractivity contribution in [3.63, 3.8) is 0 Å². The molecule has 1 aliphatic carbocycles. The number of carbonyl (C=O) groups is 1. The Hall–Kier alpha value is -2.89. The van der Waals surface area contributed by atoms with E-state index in [0.717, 1.165) is 24.2 Å². The molecule has 0 saturated heterocycles. The maximum atomic E-state index is 12.9. The first kappa shape index (κ1) is 15.6. The van der Waals surface area contributed by atoms with E-state index in [-0.39, 0.29) is 24.4 Å². The van der Waals surface area contributed by atoms with E-state index < -0.39 is 0 Å². The molecular weight excluding hydrogens is 321 g/mol. The number of nitrogens with zero attached hydrogens (tertiary/aromatic N) is 3. The predicted octanol–water partition coefficient (Wildman–Crippen LogP) is 3.04. The van der Waals surface area contributed by atoms with Crippen molar-refractivity contribution in [1.29, 1.82) is 0 Å². The van der Waals surface area contributed by atoms with Gasteiger partial charge in [0.05, 0.1) is 18.4 Å². The Labute approximate surface area is 144 Å². The lowest BCUT2D eigenvalue weighted by atomic mass is 10.3. The number of imidazole rings is 1. The summed E-state index contributed by atoms with van der Waals surface area (Å²) in [6.45, 7) is 0.445. The summed E-state index contributed by atoms with van der Waals surface area (Å²) in [6.07, 6.45) is 5.78. The minimum Gasteiger partial charge on any atom is -0.484 e. The van der Waals surface area contributed by atoms with Gasteiger partial charge in [0, 0.05) is 12.2 Å². The SMILES string of the molecule is O=C(COc1ccc(F)cc1)N(Cc1cnc2ccccn12)C1CC1. The third-order valence-corrected chi connectivity index (χ3v) is 4.31. The van der Waals surface area contributed by atoms with Crippen LogP contribution in [0, 0.1) is 5.82 Å². The molecule has 0 spiro atoms. The predicted molar refractivity (Wildman–Crippen MR) is 90.7 cm³/mol. The van der Waals surface area contributed by atoms with Crippen molar-refractivity contribution in [2.24, 2.45) is 0 Å². The van der Waals surface area contributed by atoms with Crippen LogP contribution in [-0.2, 0) is 11.3 Å². The zero-order chi connectivity index (χ0) is 17.2. The molecule has 0 N–H and O–H groups in total. The quantitative estimate of drug-likeness (QED) is 0.693.